The lowest BCUT2D eigenvalue weighted by Gasteiger charge is -2.03. The highest BCUT2D eigenvalue weighted by Gasteiger charge is 1.97. The van der Waals surface area contributed by atoms with E-state index in [2.05, 4.69) is 12.6 Å². The first kappa shape index (κ1) is 11.1. The summed E-state index contributed by atoms with van der Waals surface area (Å²) in [6.07, 6.45) is 1.69. The summed E-state index contributed by atoms with van der Waals surface area (Å²) in [5, 5.41) is 0. The molecule has 0 aliphatic rings. The second kappa shape index (κ2) is 5.01. The highest BCUT2D eigenvalue weighted by atomic mass is 32.1. The van der Waals surface area contributed by atoms with E-state index in [0.717, 1.165) is 17.6 Å². The van der Waals surface area contributed by atoms with Gasteiger partial charge in [-0.1, -0.05) is 29.8 Å². The van der Waals surface area contributed by atoms with Crippen LogP contribution in [0.5, 0.6) is 0 Å². The van der Waals surface area contributed by atoms with Crippen molar-refractivity contribution in [2.75, 3.05) is 0 Å². The quantitative estimate of drug-likeness (QED) is 0.593. The highest BCUT2D eigenvalue weighted by Crippen LogP contribution is 2.15. The Labute approximate surface area is 90.2 Å². The van der Waals surface area contributed by atoms with Gasteiger partial charge < -0.3 is 0 Å². The average Bonchev–Trinajstić information content (AvgIpc) is 2.19. The maximum absolute atomic E-state index is 10.4. The van der Waals surface area contributed by atoms with Gasteiger partial charge in [0, 0.05) is 12.0 Å². The number of carbonyl (C=O) groups excluding carboxylic acids is 1. The van der Waals surface area contributed by atoms with Crippen LogP contribution in [0.4, 0.5) is 0 Å². The molecule has 1 nitrogen and oxygen atoms in total. The van der Waals surface area contributed by atoms with Crippen molar-refractivity contribution in [3.63, 3.8) is 0 Å². The summed E-state index contributed by atoms with van der Waals surface area (Å²) in [7, 11) is 0. The Hall–Kier alpha value is -1.02. The smallest absolute Gasteiger partial charge is 0.150 e. The summed E-state index contributed by atoms with van der Waals surface area (Å²) in [4.78, 5) is 11.5. The van der Waals surface area contributed by atoms with E-state index in [1.54, 1.807) is 0 Å². The number of hydrogen-bond acceptors (Lipinski definition) is 2. The van der Waals surface area contributed by atoms with Gasteiger partial charge >= 0.3 is 0 Å². The molecule has 0 N–H and O–H groups in total. The standard InChI is InChI=1S/C12H14OS/c1-9(2)12(14)7-10-3-5-11(8-13)6-4-10/h3-6,8,14H,7H2,1-2H3. The van der Waals surface area contributed by atoms with E-state index >= 15 is 0 Å². The number of aldehydes is 1. The molecule has 14 heavy (non-hydrogen) atoms. The maximum atomic E-state index is 10.4. The SMILES string of the molecule is CC(C)=C(S)Cc1ccc(C=O)cc1. The van der Waals surface area contributed by atoms with Crippen LogP contribution < -0.4 is 0 Å². The maximum Gasteiger partial charge on any atom is 0.150 e. The number of carbonyl (C=O) groups is 1. The third kappa shape index (κ3) is 3.04. The van der Waals surface area contributed by atoms with Crippen LogP contribution in [0.3, 0.4) is 0 Å². The topological polar surface area (TPSA) is 17.1 Å². The molecule has 0 aliphatic carbocycles. The van der Waals surface area contributed by atoms with Crippen LogP contribution in [-0.4, -0.2) is 6.29 Å². The second-order valence-corrected chi connectivity index (χ2v) is 4.02. The van der Waals surface area contributed by atoms with Gasteiger partial charge in [-0.2, -0.15) is 0 Å². The summed E-state index contributed by atoms with van der Waals surface area (Å²) in [6.45, 7) is 4.09. The van der Waals surface area contributed by atoms with E-state index in [-0.39, 0.29) is 0 Å². The number of thiol groups is 1. The Morgan fingerprint density at radius 2 is 1.86 bits per heavy atom. The minimum absolute atomic E-state index is 0.715. The summed E-state index contributed by atoms with van der Waals surface area (Å²) >= 11 is 4.40. The Bertz CT molecular complexity index is 345. The molecule has 0 bridgehead atoms. The Balaban J connectivity index is 2.79. The molecule has 1 aromatic carbocycles. The zero-order valence-corrected chi connectivity index (χ0v) is 9.34. The van der Waals surface area contributed by atoms with Crippen molar-refractivity contribution in [2.45, 2.75) is 20.3 Å². The molecule has 0 aromatic heterocycles. The van der Waals surface area contributed by atoms with Gasteiger partial charge in [-0.25, -0.2) is 0 Å². The van der Waals surface area contributed by atoms with Crippen LogP contribution in [-0.2, 0) is 6.42 Å². The van der Waals surface area contributed by atoms with Crippen LogP contribution in [0, 0.1) is 0 Å². The van der Waals surface area contributed by atoms with E-state index in [4.69, 9.17) is 0 Å². The number of allylic oxidation sites excluding steroid dienone is 2. The first-order chi connectivity index (χ1) is 6.63. The van der Waals surface area contributed by atoms with Crippen LogP contribution in [0.25, 0.3) is 0 Å². The monoisotopic (exact) mass is 206 g/mol. The Kier molecular flexibility index (Phi) is 3.96. The van der Waals surface area contributed by atoms with Gasteiger partial charge in [-0.15, -0.1) is 12.6 Å². The Morgan fingerprint density at radius 1 is 1.29 bits per heavy atom. The van der Waals surface area contributed by atoms with Crippen molar-refractivity contribution in [3.05, 3.63) is 45.9 Å². The minimum Gasteiger partial charge on any atom is -0.298 e. The van der Waals surface area contributed by atoms with Crippen LogP contribution in [0.15, 0.2) is 34.7 Å². The van der Waals surface area contributed by atoms with Crippen LogP contribution in [0.2, 0.25) is 0 Å². The third-order valence-electron chi connectivity index (χ3n) is 2.06. The molecular formula is C12H14OS. The van der Waals surface area contributed by atoms with Crippen LogP contribution >= 0.6 is 12.6 Å². The van der Waals surface area contributed by atoms with Gasteiger partial charge in [0.05, 0.1) is 0 Å². The highest BCUT2D eigenvalue weighted by molar-refractivity contribution is 7.84. The molecule has 0 heterocycles. The van der Waals surface area contributed by atoms with Crippen molar-refractivity contribution in [1.29, 1.82) is 0 Å². The molecule has 0 saturated carbocycles. The molecule has 0 fully saturated rings. The van der Waals surface area contributed by atoms with Gasteiger partial charge in [0.25, 0.3) is 0 Å². The van der Waals surface area contributed by atoms with E-state index in [1.807, 2.05) is 38.1 Å². The average molecular weight is 206 g/mol. The third-order valence-corrected chi connectivity index (χ3v) is 2.67. The predicted molar refractivity (Wildman–Crippen MR) is 62.9 cm³/mol. The molecule has 0 aliphatic heterocycles. The van der Waals surface area contributed by atoms with Crippen molar-refractivity contribution < 1.29 is 4.79 Å². The van der Waals surface area contributed by atoms with E-state index in [1.165, 1.54) is 11.1 Å². The zero-order chi connectivity index (χ0) is 10.6. The lowest BCUT2D eigenvalue weighted by atomic mass is 10.1. The molecule has 1 rings (SSSR count). The number of benzene rings is 1. The molecule has 0 saturated heterocycles. The summed E-state index contributed by atoms with van der Waals surface area (Å²) in [5.41, 5.74) is 3.13. The Morgan fingerprint density at radius 3 is 2.29 bits per heavy atom. The normalized spacial score (nSPS) is 9.64. The van der Waals surface area contributed by atoms with Gasteiger partial charge in [0.2, 0.25) is 0 Å². The lowest BCUT2D eigenvalue weighted by Crippen LogP contribution is -1.88. The van der Waals surface area contributed by atoms with E-state index in [9.17, 15) is 4.79 Å². The number of hydrogen-bond donors (Lipinski definition) is 1. The van der Waals surface area contributed by atoms with Crippen LogP contribution in [0.1, 0.15) is 29.8 Å². The molecule has 0 amide bonds. The van der Waals surface area contributed by atoms with Crippen molar-refractivity contribution in [2.24, 2.45) is 0 Å². The largest absolute Gasteiger partial charge is 0.298 e. The van der Waals surface area contributed by atoms with Crippen molar-refractivity contribution >= 4 is 18.9 Å². The molecule has 74 valence electrons. The summed E-state index contributed by atoms with van der Waals surface area (Å²) in [5.74, 6) is 0. The predicted octanol–water partition coefficient (Wildman–Crippen LogP) is 3.27. The second-order valence-electron chi connectivity index (χ2n) is 3.48. The first-order valence-electron chi connectivity index (χ1n) is 4.53. The first-order valence-corrected chi connectivity index (χ1v) is 4.97. The fourth-order valence-electron chi connectivity index (χ4n) is 1.08. The van der Waals surface area contributed by atoms with E-state index < -0.39 is 0 Å². The fraction of sp³-hybridized carbons (Fsp3) is 0.250. The fourth-order valence-corrected chi connectivity index (χ4v) is 1.27. The zero-order valence-electron chi connectivity index (χ0n) is 8.45. The van der Waals surface area contributed by atoms with Gasteiger partial charge in [0.15, 0.2) is 0 Å². The summed E-state index contributed by atoms with van der Waals surface area (Å²) in [6, 6.07) is 7.58. The molecule has 2 heteroatoms. The molecule has 0 atom stereocenters. The lowest BCUT2D eigenvalue weighted by molar-refractivity contribution is 0.112. The molecule has 0 radical (unpaired) electrons. The molecule has 0 spiro atoms. The van der Waals surface area contributed by atoms with Crippen molar-refractivity contribution in [1.82, 2.24) is 0 Å². The van der Waals surface area contributed by atoms with Crippen molar-refractivity contribution in [3.8, 4) is 0 Å². The minimum atomic E-state index is 0.715. The summed E-state index contributed by atoms with van der Waals surface area (Å²) < 4.78 is 0. The molecule has 0 unspecified atom stereocenters. The van der Waals surface area contributed by atoms with E-state index in [0.29, 0.717) is 5.56 Å². The van der Waals surface area contributed by atoms with Gasteiger partial charge in [-0.3, -0.25) is 4.79 Å². The molecule has 1 aromatic rings. The molecular weight excluding hydrogens is 192 g/mol. The van der Waals surface area contributed by atoms with Gasteiger partial charge in [-0.05, 0) is 24.3 Å². The van der Waals surface area contributed by atoms with Gasteiger partial charge in [0.1, 0.15) is 6.29 Å². The number of rotatable bonds is 3.